The summed E-state index contributed by atoms with van der Waals surface area (Å²) in [4.78, 5) is 0. The normalized spacial score (nSPS) is 11.7. The summed E-state index contributed by atoms with van der Waals surface area (Å²) >= 11 is 6.13. The predicted molar refractivity (Wildman–Crippen MR) is 82.3 cm³/mol. The van der Waals surface area contributed by atoms with Gasteiger partial charge in [0.25, 0.3) is 0 Å². The first-order valence-corrected chi connectivity index (χ1v) is 6.94. The van der Waals surface area contributed by atoms with Crippen LogP contribution in [0.3, 0.4) is 0 Å². The molecule has 2 rings (SSSR count). The molecule has 0 aliphatic rings. The molecule has 0 saturated heterocycles. The Morgan fingerprint density at radius 1 is 1.20 bits per heavy atom. The first kappa shape index (κ1) is 14.9. The Morgan fingerprint density at radius 3 is 2.55 bits per heavy atom. The molecule has 0 unspecified atom stereocenters. The second-order valence-corrected chi connectivity index (χ2v) is 6.13. The number of benzene rings is 1. The summed E-state index contributed by atoms with van der Waals surface area (Å²) in [5.41, 5.74) is 1.01. The molecule has 0 aliphatic carbocycles. The fourth-order valence-electron chi connectivity index (χ4n) is 1.80. The zero-order valence-corrected chi connectivity index (χ0v) is 13.0. The standard InChI is InChI=1S/C16H20ClNO2/c1-16(2,3)18-10-12-6-8-14(20-12)11-5-7-15(19-4)13(17)9-11/h5-9,18H,10H2,1-4H3. The third-order valence-corrected chi connectivity index (χ3v) is 3.19. The van der Waals surface area contributed by atoms with Crippen molar-refractivity contribution in [1.82, 2.24) is 5.32 Å². The molecule has 0 fully saturated rings. The zero-order chi connectivity index (χ0) is 14.8. The minimum absolute atomic E-state index is 0.0658. The van der Waals surface area contributed by atoms with E-state index in [-0.39, 0.29) is 5.54 Å². The Bertz CT molecular complexity index is 584. The number of rotatable bonds is 4. The molecule has 0 aliphatic heterocycles. The molecule has 1 aromatic heterocycles. The van der Waals surface area contributed by atoms with Crippen molar-refractivity contribution in [3.8, 4) is 17.1 Å². The molecule has 20 heavy (non-hydrogen) atoms. The van der Waals surface area contributed by atoms with Crippen molar-refractivity contribution in [2.24, 2.45) is 0 Å². The molecule has 0 radical (unpaired) electrons. The van der Waals surface area contributed by atoms with Crippen molar-refractivity contribution in [1.29, 1.82) is 0 Å². The largest absolute Gasteiger partial charge is 0.495 e. The predicted octanol–water partition coefficient (Wildman–Crippen LogP) is 4.50. The Labute approximate surface area is 124 Å². The van der Waals surface area contributed by atoms with Crippen LogP contribution < -0.4 is 10.1 Å². The number of halogens is 1. The first-order chi connectivity index (χ1) is 9.39. The van der Waals surface area contributed by atoms with Gasteiger partial charge in [0.2, 0.25) is 0 Å². The molecule has 2 aromatic rings. The van der Waals surface area contributed by atoms with Gasteiger partial charge in [0.1, 0.15) is 17.3 Å². The van der Waals surface area contributed by atoms with Gasteiger partial charge >= 0.3 is 0 Å². The number of nitrogens with one attached hydrogen (secondary N) is 1. The van der Waals surface area contributed by atoms with Gasteiger partial charge in [0.15, 0.2) is 0 Å². The van der Waals surface area contributed by atoms with Gasteiger partial charge in [0.05, 0.1) is 18.7 Å². The van der Waals surface area contributed by atoms with Gasteiger partial charge in [-0.1, -0.05) is 11.6 Å². The minimum atomic E-state index is 0.0658. The second kappa shape index (κ2) is 5.90. The van der Waals surface area contributed by atoms with Gasteiger partial charge in [-0.3, -0.25) is 0 Å². The van der Waals surface area contributed by atoms with Crippen LogP contribution in [0.4, 0.5) is 0 Å². The number of ether oxygens (including phenoxy) is 1. The summed E-state index contributed by atoms with van der Waals surface area (Å²) in [7, 11) is 1.60. The second-order valence-electron chi connectivity index (χ2n) is 5.72. The van der Waals surface area contributed by atoms with E-state index in [4.69, 9.17) is 20.8 Å². The molecule has 1 aromatic carbocycles. The van der Waals surface area contributed by atoms with Crippen LogP contribution in [0.25, 0.3) is 11.3 Å². The molecule has 3 nitrogen and oxygen atoms in total. The van der Waals surface area contributed by atoms with Crippen molar-refractivity contribution < 1.29 is 9.15 Å². The van der Waals surface area contributed by atoms with Crippen LogP contribution >= 0.6 is 11.6 Å². The highest BCUT2D eigenvalue weighted by molar-refractivity contribution is 6.32. The van der Waals surface area contributed by atoms with E-state index >= 15 is 0 Å². The SMILES string of the molecule is COc1ccc(-c2ccc(CNC(C)(C)C)o2)cc1Cl. The lowest BCUT2D eigenvalue weighted by Crippen LogP contribution is -2.34. The summed E-state index contributed by atoms with van der Waals surface area (Å²) in [5, 5.41) is 3.97. The van der Waals surface area contributed by atoms with E-state index in [1.807, 2.05) is 30.3 Å². The van der Waals surface area contributed by atoms with E-state index in [1.54, 1.807) is 7.11 Å². The molecule has 0 spiro atoms. The van der Waals surface area contributed by atoms with E-state index in [0.29, 0.717) is 17.3 Å². The Hall–Kier alpha value is -1.45. The summed E-state index contributed by atoms with van der Waals surface area (Å²) in [5.74, 6) is 2.37. The molecular formula is C16H20ClNO2. The van der Waals surface area contributed by atoms with Gasteiger partial charge in [0, 0.05) is 11.1 Å². The lowest BCUT2D eigenvalue weighted by Gasteiger charge is -2.19. The van der Waals surface area contributed by atoms with E-state index in [1.165, 1.54) is 0 Å². The summed E-state index contributed by atoms with van der Waals surface area (Å²) in [6, 6.07) is 9.56. The van der Waals surface area contributed by atoms with Crippen molar-refractivity contribution in [2.75, 3.05) is 7.11 Å². The van der Waals surface area contributed by atoms with Crippen LogP contribution in [-0.4, -0.2) is 12.6 Å². The first-order valence-electron chi connectivity index (χ1n) is 6.57. The number of hydrogen-bond acceptors (Lipinski definition) is 3. The van der Waals surface area contributed by atoms with Crippen molar-refractivity contribution >= 4 is 11.6 Å². The van der Waals surface area contributed by atoms with E-state index in [0.717, 1.165) is 17.1 Å². The average Bonchev–Trinajstić information content (AvgIpc) is 2.84. The van der Waals surface area contributed by atoms with Crippen molar-refractivity contribution in [2.45, 2.75) is 32.9 Å². The molecular weight excluding hydrogens is 274 g/mol. The Balaban J connectivity index is 2.14. The van der Waals surface area contributed by atoms with Crippen molar-refractivity contribution in [3.63, 3.8) is 0 Å². The Morgan fingerprint density at radius 2 is 1.95 bits per heavy atom. The van der Waals surface area contributed by atoms with Crippen LogP contribution in [0.5, 0.6) is 5.75 Å². The fraction of sp³-hybridized carbons (Fsp3) is 0.375. The lowest BCUT2D eigenvalue weighted by atomic mass is 10.1. The molecule has 1 heterocycles. The van der Waals surface area contributed by atoms with Gasteiger partial charge in [-0.15, -0.1) is 0 Å². The highest BCUT2D eigenvalue weighted by atomic mass is 35.5. The average molecular weight is 294 g/mol. The van der Waals surface area contributed by atoms with Crippen LogP contribution in [-0.2, 0) is 6.54 Å². The monoisotopic (exact) mass is 293 g/mol. The molecule has 108 valence electrons. The topological polar surface area (TPSA) is 34.4 Å². The molecule has 0 atom stereocenters. The summed E-state index contributed by atoms with van der Waals surface area (Å²) in [6.45, 7) is 7.08. The molecule has 0 bridgehead atoms. The van der Waals surface area contributed by atoms with Gasteiger partial charge in [-0.05, 0) is 51.1 Å². The van der Waals surface area contributed by atoms with Crippen LogP contribution in [0, 0.1) is 0 Å². The highest BCUT2D eigenvalue weighted by Gasteiger charge is 2.11. The molecule has 1 N–H and O–H groups in total. The highest BCUT2D eigenvalue weighted by Crippen LogP contribution is 2.31. The maximum atomic E-state index is 6.13. The van der Waals surface area contributed by atoms with E-state index in [9.17, 15) is 0 Å². The van der Waals surface area contributed by atoms with Crippen LogP contribution in [0.2, 0.25) is 5.02 Å². The maximum Gasteiger partial charge on any atom is 0.137 e. The minimum Gasteiger partial charge on any atom is -0.495 e. The quantitative estimate of drug-likeness (QED) is 0.901. The van der Waals surface area contributed by atoms with E-state index < -0.39 is 0 Å². The molecule has 0 amide bonds. The number of furan rings is 1. The maximum absolute atomic E-state index is 6.13. The van der Waals surface area contributed by atoms with Crippen molar-refractivity contribution in [3.05, 3.63) is 41.1 Å². The van der Waals surface area contributed by atoms with E-state index in [2.05, 4.69) is 26.1 Å². The van der Waals surface area contributed by atoms with Crippen LogP contribution in [0.15, 0.2) is 34.7 Å². The molecule has 4 heteroatoms. The third kappa shape index (κ3) is 3.78. The summed E-state index contributed by atoms with van der Waals surface area (Å²) in [6.07, 6.45) is 0. The smallest absolute Gasteiger partial charge is 0.137 e. The number of methoxy groups -OCH3 is 1. The summed E-state index contributed by atoms with van der Waals surface area (Å²) < 4.78 is 11.0. The van der Waals surface area contributed by atoms with Gasteiger partial charge in [-0.2, -0.15) is 0 Å². The molecule has 0 saturated carbocycles. The van der Waals surface area contributed by atoms with Crippen LogP contribution in [0.1, 0.15) is 26.5 Å². The fourth-order valence-corrected chi connectivity index (χ4v) is 2.06. The third-order valence-electron chi connectivity index (χ3n) is 2.89. The Kier molecular flexibility index (Phi) is 4.41. The number of hydrogen-bond donors (Lipinski definition) is 1. The van der Waals surface area contributed by atoms with Gasteiger partial charge < -0.3 is 14.5 Å². The zero-order valence-electron chi connectivity index (χ0n) is 12.3. The van der Waals surface area contributed by atoms with Gasteiger partial charge in [-0.25, -0.2) is 0 Å². The lowest BCUT2D eigenvalue weighted by molar-refractivity contribution is 0.391.